The lowest BCUT2D eigenvalue weighted by molar-refractivity contribution is 0.385. The average Bonchev–Trinajstić information content (AvgIpc) is 2.70. The van der Waals surface area contributed by atoms with Crippen molar-refractivity contribution in [2.75, 3.05) is 0 Å². The third kappa shape index (κ3) is 1.36. The summed E-state index contributed by atoms with van der Waals surface area (Å²) in [5.41, 5.74) is 4.20. The molecule has 2 fully saturated rings. The Kier molecular flexibility index (Phi) is 1.59. The second-order valence-corrected chi connectivity index (χ2v) is 4.60. The number of hydrogen-bond acceptors (Lipinski definition) is 0. The van der Waals surface area contributed by atoms with Crippen molar-refractivity contribution in [2.45, 2.75) is 52.4 Å². The highest BCUT2D eigenvalue weighted by Gasteiger charge is 2.43. The molecule has 0 unspecified atom stereocenters. The Morgan fingerprint density at radius 1 is 1.00 bits per heavy atom. The monoisotopic (exact) mass is 150 g/mol. The van der Waals surface area contributed by atoms with Gasteiger partial charge in [-0.05, 0) is 57.8 Å². The van der Waals surface area contributed by atoms with Crippen molar-refractivity contribution < 1.29 is 0 Å². The van der Waals surface area contributed by atoms with Crippen LogP contribution in [0.5, 0.6) is 0 Å². The zero-order valence-electron chi connectivity index (χ0n) is 7.74. The molecule has 0 aromatic heterocycles. The highest BCUT2D eigenvalue weighted by molar-refractivity contribution is 5.15. The van der Waals surface area contributed by atoms with Gasteiger partial charge in [0.1, 0.15) is 0 Å². The van der Waals surface area contributed by atoms with Crippen molar-refractivity contribution in [3.63, 3.8) is 0 Å². The van der Waals surface area contributed by atoms with Gasteiger partial charge in [-0.25, -0.2) is 0 Å². The standard InChI is InChI=1S/C11H18/c1-9(2)10-3-5-11(6-4-10)7-8-11/h3-8H2,1-2H3. The molecule has 2 aliphatic carbocycles. The van der Waals surface area contributed by atoms with E-state index in [1.807, 2.05) is 0 Å². The van der Waals surface area contributed by atoms with Crippen LogP contribution in [0.1, 0.15) is 52.4 Å². The fourth-order valence-corrected chi connectivity index (χ4v) is 2.26. The summed E-state index contributed by atoms with van der Waals surface area (Å²) in [7, 11) is 0. The minimum atomic E-state index is 0.860. The van der Waals surface area contributed by atoms with Crippen molar-refractivity contribution in [1.82, 2.24) is 0 Å². The number of rotatable bonds is 0. The van der Waals surface area contributed by atoms with Gasteiger partial charge in [-0.1, -0.05) is 11.1 Å². The van der Waals surface area contributed by atoms with Gasteiger partial charge in [-0.2, -0.15) is 0 Å². The number of allylic oxidation sites excluding steroid dienone is 2. The summed E-state index contributed by atoms with van der Waals surface area (Å²) in [5, 5.41) is 0. The maximum absolute atomic E-state index is 2.26. The molecule has 2 saturated carbocycles. The first-order valence-corrected chi connectivity index (χ1v) is 4.87. The molecule has 0 N–H and O–H groups in total. The third-order valence-electron chi connectivity index (χ3n) is 3.58. The van der Waals surface area contributed by atoms with Crippen LogP contribution < -0.4 is 0 Å². The van der Waals surface area contributed by atoms with Gasteiger partial charge in [0, 0.05) is 0 Å². The molecule has 0 bridgehead atoms. The molecular weight excluding hydrogens is 132 g/mol. The van der Waals surface area contributed by atoms with Crippen LogP contribution in [0, 0.1) is 5.41 Å². The van der Waals surface area contributed by atoms with Gasteiger partial charge >= 0.3 is 0 Å². The molecule has 0 nitrogen and oxygen atoms in total. The second kappa shape index (κ2) is 2.36. The highest BCUT2D eigenvalue weighted by Crippen LogP contribution is 2.57. The summed E-state index contributed by atoms with van der Waals surface area (Å²) in [6, 6.07) is 0. The molecular formula is C11H18. The van der Waals surface area contributed by atoms with Crippen LogP contribution >= 0.6 is 0 Å². The molecule has 11 heavy (non-hydrogen) atoms. The van der Waals surface area contributed by atoms with Gasteiger partial charge in [-0.3, -0.25) is 0 Å². The van der Waals surface area contributed by atoms with Crippen LogP contribution in [0.3, 0.4) is 0 Å². The normalized spacial score (nSPS) is 27.3. The van der Waals surface area contributed by atoms with E-state index in [-0.39, 0.29) is 0 Å². The van der Waals surface area contributed by atoms with Crippen molar-refractivity contribution >= 4 is 0 Å². The van der Waals surface area contributed by atoms with Crippen LogP contribution in [0.25, 0.3) is 0 Å². The molecule has 0 saturated heterocycles. The van der Waals surface area contributed by atoms with E-state index >= 15 is 0 Å². The van der Waals surface area contributed by atoms with Gasteiger partial charge < -0.3 is 0 Å². The summed E-state index contributed by atoms with van der Waals surface area (Å²) in [6.45, 7) is 4.53. The summed E-state index contributed by atoms with van der Waals surface area (Å²) in [5.74, 6) is 0. The molecule has 0 heterocycles. The van der Waals surface area contributed by atoms with E-state index < -0.39 is 0 Å². The maximum atomic E-state index is 2.26. The van der Waals surface area contributed by atoms with Crippen LogP contribution in [-0.4, -0.2) is 0 Å². The van der Waals surface area contributed by atoms with Crippen LogP contribution in [0.4, 0.5) is 0 Å². The molecule has 2 aliphatic rings. The van der Waals surface area contributed by atoms with E-state index in [0.717, 1.165) is 5.41 Å². The summed E-state index contributed by atoms with van der Waals surface area (Å²) < 4.78 is 0. The SMILES string of the molecule is CC(C)=C1CCC2(CC1)CC2. The molecule has 2 rings (SSSR count). The molecule has 62 valence electrons. The first-order valence-electron chi connectivity index (χ1n) is 4.87. The molecule has 0 atom stereocenters. The molecule has 0 aromatic carbocycles. The quantitative estimate of drug-likeness (QED) is 0.462. The Morgan fingerprint density at radius 2 is 1.55 bits per heavy atom. The van der Waals surface area contributed by atoms with E-state index in [9.17, 15) is 0 Å². The molecule has 0 heteroatoms. The highest BCUT2D eigenvalue weighted by atomic mass is 14.5. The fraction of sp³-hybridized carbons (Fsp3) is 0.818. The van der Waals surface area contributed by atoms with E-state index in [0.29, 0.717) is 0 Å². The van der Waals surface area contributed by atoms with Gasteiger partial charge in [0.2, 0.25) is 0 Å². The van der Waals surface area contributed by atoms with E-state index in [1.165, 1.54) is 38.5 Å². The summed E-state index contributed by atoms with van der Waals surface area (Å²) >= 11 is 0. The first kappa shape index (κ1) is 7.39. The van der Waals surface area contributed by atoms with E-state index in [1.54, 1.807) is 11.1 Å². The fourth-order valence-electron chi connectivity index (χ4n) is 2.26. The molecule has 1 spiro atoms. The Labute approximate surface area is 69.7 Å². The van der Waals surface area contributed by atoms with E-state index in [2.05, 4.69) is 13.8 Å². The average molecular weight is 150 g/mol. The van der Waals surface area contributed by atoms with Crippen LogP contribution in [-0.2, 0) is 0 Å². The Hall–Kier alpha value is -0.260. The minimum Gasteiger partial charge on any atom is -0.0772 e. The lowest BCUT2D eigenvalue weighted by atomic mass is 9.82. The zero-order chi connectivity index (χ0) is 7.90. The lowest BCUT2D eigenvalue weighted by Gasteiger charge is -2.24. The smallest absolute Gasteiger partial charge is 0.0291 e. The van der Waals surface area contributed by atoms with Gasteiger partial charge in [-0.15, -0.1) is 0 Å². The lowest BCUT2D eigenvalue weighted by Crippen LogP contribution is -2.08. The molecule has 0 radical (unpaired) electrons. The summed E-state index contributed by atoms with van der Waals surface area (Å²) in [6.07, 6.45) is 8.86. The van der Waals surface area contributed by atoms with E-state index in [4.69, 9.17) is 0 Å². The molecule has 0 aromatic rings. The minimum absolute atomic E-state index is 0.860. The van der Waals surface area contributed by atoms with Crippen molar-refractivity contribution in [3.8, 4) is 0 Å². The first-order chi connectivity index (χ1) is 5.22. The second-order valence-electron chi connectivity index (χ2n) is 4.60. The topological polar surface area (TPSA) is 0 Å². The van der Waals surface area contributed by atoms with Crippen LogP contribution in [0.15, 0.2) is 11.1 Å². The Balaban J connectivity index is 1.99. The van der Waals surface area contributed by atoms with Crippen molar-refractivity contribution in [1.29, 1.82) is 0 Å². The Bertz CT molecular complexity index is 178. The molecule has 0 aliphatic heterocycles. The van der Waals surface area contributed by atoms with Crippen LogP contribution in [0.2, 0.25) is 0 Å². The van der Waals surface area contributed by atoms with Gasteiger partial charge in [0.05, 0.1) is 0 Å². The Morgan fingerprint density at radius 3 is 1.91 bits per heavy atom. The maximum Gasteiger partial charge on any atom is -0.0291 e. The van der Waals surface area contributed by atoms with Crippen molar-refractivity contribution in [3.05, 3.63) is 11.1 Å². The van der Waals surface area contributed by atoms with Gasteiger partial charge in [0.15, 0.2) is 0 Å². The summed E-state index contributed by atoms with van der Waals surface area (Å²) in [4.78, 5) is 0. The zero-order valence-corrected chi connectivity index (χ0v) is 7.74. The largest absolute Gasteiger partial charge is 0.0772 e. The molecule has 0 amide bonds. The predicted octanol–water partition coefficient (Wildman–Crippen LogP) is 3.68. The third-order valence-corrected chi connectivity index (χ3v) is 3.58. The predicted molar refractivity (Wildman–Crippen MR) is 48.5 cm³/mol. The van der Waals surface area contributed by atoms with Gasteiger partial charge in [0.25, 0.3) is 0 Å². The number of hydrogen-bond donors (Lipinski definition) is 0. The van der Waals surface area contributed by atoms with Crippen molar-refractivity contribution in [2.24, 2.45) is 5.41 Å².